The Labute approximate surface area is 96.2 Å². The Morgan fingerprint density at radius 3 is 2.88 bits per heavy atom. The molecular weight excluding hydrogens is 204 g/mol. The van der Waals surface area contributed by atoms with Gasteiger partial charge in [0.05, 0.1) is 25.1 Å². The molecule has 0 spiro atoms. The van der Waals surface area contributed by atoms with Gasteiger partial charge in [-0.2, -0.15) is 5.10 Å². The van der Waals surface area contributed by atoms with Gasteiger partial charge < -0.3 is 9.84 Å². The highest BCUT2D eigenvalue weighted by Gasteiger charge is 2.28. The van der Waals surface area contributed by atoms with Gasteiger partial charge in [0, 0.05) is 13.0 Å². The molecule has 1 fully saturated rings. The number of hydrogen-bond acceptors (Lipinski definition) is 3. The zero-order valence-electron chi connectivity index (χ0n) is 10.0. The van der Waals surface area contributed by atoms with E-state index in [1.165, 1.54) is 12.8 Å². The zero-order valence-corrected chi connectivity index (χ0v) is 10.0. The lowest BCUT2D eigenvalue weighted by Gasteiger charge is -2.21. The number of aliphatic hydroxyl groups excluding tert-OH is 1. The monoisotopic (exact) mass is 224 g/mol. The minimum absolute atomic E-state index is 0.171. The number of ether oxygens (including phenoxy) is 1. The molecule has 0 radical (unpaired) electrons. The standard InChI is InChI=1S/C12H20N2O2/c1-14-12(11(16-2)8-13-14)9-6-4-3-5-7-10(9)15/h8-10,15H,3-7H2,1-2H3. The number of nitrogens with zero attached hydrogens (tertiary/aromatic N) is 2. The van der Waals surface area contributed by atoms with E-state index in [4.69, 9.17) is 4.74 Å². The molecule has 1 aromatic heterocycles. The highest BCUT2D eigenvalue weighted by molar-refractivity contribution is 5.29. The average Bonchev–Trinajstić information content (AvgIpc) is 2.51. The van der Waals surface area contributed by atoms with Crippen molar-refractivity contribution in [3.05, 3.63) is 11.9 Å². The SMILES string of the molecule is COc1cnn(C)c1C1CCCCCC1O. The summed E-state index contributed by atoms with van der Waals surface area (Å²) in [6, 6.07) is 0. The molecule has 2 unspecified atom stereocenters. The van der Waals surface area contributed by atoms with Crippen molar-refractivity contribution in [1.82, 2.24) is 9.78 Å². The molecule has 1 heterocycles. The molecule has 2 atom stereocenters. The van der Waals surface area contributed by atoms with Crippen LogP contribution in [0.1, 0.15) is 43.7 Å². The first kappa shape index (κ1) is 11.5. The molecule has 4 nitrogen and oxygen atoms in total. The van der Waals surface area contributed by atoms with Crippen LogP contribution < -0.4 is 4.74 Å². The van der Waals surface area contributed by atoms with Crippen molar-refractivity contribution in [2.75, 3.05) is 7.11 Å². The Morgan fingerprint density at radius 1 is 1.38 bits per heavy atom. The van der Waals surface area contributed by atoms with Crippen molar-refractivity contribution in [1.29, 1.82) is 0 Å². The van der Waals surface area contributed by atoms with Crippen molar-refractivity contribution >= 4 is 0 Å². The molecule has 1 aromatic rings. The fraction of sp³-hybridized carbons (Fsp3) is 0.750. The molecule has 1 aliphatic rings. The van der Waals surface area contributed by atoms with E-state index >= 15 is 0 Å². The van der Waals surface area contributed by atoms with Gasteiger partial charge in [-0.25, -0.2) is 0 Å². The summed E-state index contributed by atoms with van der Waals surface area (Å²) in [6.45, 7) is 0. The fourth-order valence-corrected chi connectivity index (χ4v) is 2.61. The highest BCUT2D eigenvalue weighted by atomic mass is 16.5. The topological polar surface area (TPSA) is 47.3 Å². The van der Waals surface area contributed by atoms with Crippen LogP contribution >= 0.6 is 0 Å². The maximum atomic E-state index is 10.2. The van der Waals surface area contributed by atoms with Crippen LogP contribution in [-0.4, -0.2) is 28.1 Å². The Bertz CT molecular complexity index is 349. The summed E-state index contributed by atoms with van der Waals surface area (Å²) < 4.78 is 7.15. The molecular formula is C12H20N2O2. The average molecular weight is 224 g/mol. The van der Waals surface area contributed by atoms with Crippen LogP contribution in [0.4, 0.5) is 0 Å². The second-order valence-electron chi connectivity index (χ2n) is 4.53. The molecule has 16 heavy (non-hydrogen) atoms. The van der Waals surface area contributed by atoms with Crippen LogP contribution in [0, 0.1) is 0 Å². The van der Waals surface area contributed by atoms with Gasteiger partial charge in [-0.3, -0.25) is 4.68 Å². The Kier molecular flexibility index (Phi) is 3.49. The predicted molar refractivity (Wildman–Crippen MR) is 61.6 cm³/mol. The number of aryl methyl sites for hydroxylation is 1. The molecule has 90 valence electrons. The molecule has 0 aromatic carbocycles. The minimum Gasteiger partial charge on any atom is -0.493 e. The summed E-state index contributed by atoms with van der Waals surface area (Å²) in [7, 11) is 3.57. The van der Waals surface area contributed by atoms with E-state index in [9.17, 15) is 5.11 Å². The summed E-state index contributed by atoms with van der Waals surface area (Å²) in [6.07, 6.45) is 6.90. The zero-order chi connectivity index (χ0) is 11.5. The third-order valence-electron chi connectivity index (χ3n) is 3.50. The molecule has 1 aliphatic carbocycles. The third kappa shape index (κ3) is 2.07. The number of aliphatic hydroxyl groups is 1. The van der Waals surface area contributed by atoms with E-state index < -0.39 is 0 Å². The van der Waals surface area contributed by atoms with Crippen LogP contribution in [-0.2, 0) is 7.05 Å². The largest absolute Gasteiger partial charge is 0.493 e. The predicted octanol–water partition coefficient (Wildman–Crippen LogP) is 1.84. The van der Waals surface area contributed by atoms with Gasteiger partial charge >= 0.3 is 0 Å². The number of hydrogen-bond donors (Lipinski definition) is 1. The van der Waals surface area contributed by atoms with Crippen molar-refractivity contribution in [3.8, 4) is 5.75 Å². The lowest BCUT2D eigenvalue weighted by Crippen LogP contribution is -2.20. The van der Waals surface area contributed by atoms with E-state index in [1.807, 2.05) is 11.7 Å². The van der Waals surface area contributed by atoms with Crippen LogP contribution in [0.2, 0.25) is 0 Å². The van der Waals surface area contributed by atoms with E-state index in [0.717, 1.165) is 30.7 Å². The van der Waals surface area contributed by atoms with E-state index in [0.29, 0.717) is 0 Å². The third-order valence-corrected chi connectivity index (χ3v) is 3.50. The Balaban J connectivity index is 2.29. The number of rotatable bonds is 2. The van der Waals surface area contributed by atoms with Crippen LogP contribution in [0.3, 0.4) is 0 Å². The van der Waals surface area contributed by atoms with Gasteiger partial charge in [0.1, 0.15) is 0 Å². The first-order chi connectivity index (χ1) is 7.74. The van der Waals surface area contributed by atoms with Gasteiger partial charge in [0.15, 0.2) is 5.75 Å². The molecule has 0 saturated heterocycles. The number of aromatic nitrogens is 2. The van der Waals surface area contributed by atoms with E-state index in [1.54, 1.807) is 13.3 Å². The van der Waals surface area contributed by atoms with Gasteiger partial charge in [0.25, 0.3) is 0 Å². The van der Waals surface area contributed by atoms with Gasteiger partial charge in [-0.15, -0.1) is 0 Å². The van der Waals surface area contributed by atoms with Crippen molar-refractivity contribution in [2.24, 2.45) is 7.05 Å². The quantitative estimate of drug-likeness (QED) is 0.780. The Hall–Kier alpha value is -1.03. The van der Waals surface area contributed by atoms with Crippen molar-refractivity contribution < 1.29 is 9.84 Å². The van der Waals surface area contributed by atoms with Crippen molar-refractivity contribution in [3.63, 3.8) is 0 Å². The fourth-order valence-electron chi connectivity index (χ4n) is 2.61. The lowest BCUT2D eigenvalue weighted by molar-refractivity contribution is 0.130. The van der Waals surface area contributed by atoms with Gasteiger partial charge in [-0.05, 0) is 12.8 Å². The summed E-state index contributed by atoms with van der Waals surface area (Å²) >= 11 is 0. The first-order valence-corrected chi connectivity index (χ1v) is 5.98. The molecule has 0 amide bonds. The van der Waals surface area contributed by atoms with Crippen LogP contribution in [0.25, 0.3) is 0 Å². The summed E-state index contributed by atoms with van der Waals surface area (Å²) in [5.74, 6) is 0.971. The van der Waals surface area contributed by atoms with Crippen molar-refractivity contribution in [2.45, 2.75) is 44.1 Å². The summed E-state index contributed by atoms with van der Waals surface area (Å²) in [5.41, 5.74) is 1.04. The van der Waals surface area contributed by atoms with E-state index in [-0.39, 0.29) is 12.0 Å². The molecule has 0 bridgehead atoms. The van der Waals surface area contributed by atoms with Crippen LogP contribution in [0.15, 0.2) is 6.20 Å². The molecule has 2 rings (SSSR count). The summed E-state index contributed by atoms with van der Waals surface area (Å²) in [5, 5.41) is 14.4. The highest BCUT2D eigenvalue weighted by Crippen LogP contribution is 2.36. The van der Waals surface area contributed by atoms with Gasteiger partial charge in [-0.1, -0.05) is 19.3 Å². The van der Waals surface area contributed by atoms with Gasteiger partial charge in [0.2, 0.25) is 0 Å². The Morgan fingerprint density at radius 2 is 2.12 bits per heavy atom. The minimum atomic E-state index is -0.258. The smallest absolute Gasteiger partial charge is 0.160 e. The summed E-state index contributed by atoms with van der Waals surface area (Å²) in [4.78, 5) is 0. The molecule has 0 aliphatic heterocycles. The molecule has 1 N–H and O–H groups in total. The maximum absolute atomic E-state index is 10.2. The normalized spacial score (nSPS) is 26.4. The maximum Gasteiger partial charge on any atom is 0.160 e. The molecule has 1 saturated carbocycles. The second kappa shape index (κ2) is 4.87. The molecule has 4 heteroatoms. The first-order valence-electron chi connectivity index (χ1n) is 5.98. The lowest BCUT2D eigenvalue weighted by atomic mass is 9.93. The number of methoxy groups -OCH3 is 1. The van der Waals surface area contributed by atoms with Crippen LogP contribution in [0.5, 0.6) is 5.75 Å². The second-order valence-corrected chi connectivity index (χ2v) is 4.53. The van der Waals surface area contributed by atoms with E-state index in [2.05, 4.69) is 5.10 Å².